The van der Waals surface area contributed by atoms with Crippen molar-refractivity contribution >= 4 is 11.8 Å². The lowest BCUT2D eigenvalue weighted by atomic mass is 9.98. The van der Waals surface area contributed by atoms with Crippen molar-refractivity contribution in [1.82, 2.24) is 10.2 Å². The lowest BCUT2D eigenvalue weighted by Crippen LogP contribution is -2.51. The maximum absolute atomic E-state index is 14.1. The van der Waals surface area contributed by atoms with Crippen LogP contribution in [-0.4, -0.2) is 48.5 Å². The minimum absolute atomic E-state index is 0.0557. The molecule has 3 N–H and O–H groups in total. The van der Waals surface area contributed by atoms with Gasteiger partial charge in [-0.05, 0) is 98.2 Å². The molecule has 1 fully saturated rings. The Kier molecular flexibility index (Phi) is 11.2. The third kappa shape index (κ3) is 8.91. The molecule has 0 aromatic heterocycles. The van der Waals surface area contributed by atoms with E-state index in [1.54, 1.807) is 30.0 Å². The zero-order valence-electron chi connectivity index (χ0n) is 26.2. The average Bonchev–Trinajstić information content (AvgIpc) is 3.79. The van der Waals surface area contributed by atoms with E-state index in [-0.39, 0.29) is 30.1 Å². The predicted molar refractivity (Wildman–Crippen MR) is 165 cm³/mol. The summed E-state index contributed by atoms with van der Waals surface area (Å²) in [6.07, 6.45) is -2.03. The van der Waals surface area contributed by atoms with Gasteiger partial charge >= 0.3 is 6.18 Å². The van der Waals surface area contributed by atoms with Crippen molar-refractivity contribution in [2.45, 2.75) is 76.7 Å². The van der Waals surface area contributed by atoms with Crippen LogP contribution >= 0.6 is 0 Å². The van der Waals surface area contributed by atoms with Gasteiger partial charge in [-0.15, -0.1) is 0 Å². The van der Waals surface area contributed by atoms with Gasteiger partial charge in [0.05, 0.1) is 23.8 Å². The fourth-order valence-electron chi connectivity index (χ4n) is 5.60. The van der Waals surface area contributed by atoms with E-state index >= 15 is 0 Å². The zero-order valence-corrected chi connectivity index (χ0v) is 26.2. The lowest BCUT2D eigenvalue weighted by Gasteiger charge is -2.28. The number of carbonyl (C=O) groups is 2. The highest BCUT2D eigenvalue weighted by Crippen LogP contribution is 2.50. The van der Waals surface area contributed by atoms with Gasteiger partial charge in [-0.3, -0.25) is 9.59 Å². The number of nitrogens with two attached hydrogens (primary N) is 1. The minimum atomic E-state index is -4.51. The Hall–Kier alpha value is -3.83. The van der Waals surface area contributed by atoms with Crippen LogP contribution in [0.25, 0.3) is 0 Å². The van der Waals surface area contributed by atoms with Gasteiger partial charge in [-0.25, -0.2) is 8.78 Å². The molecule has 0 heterocycles. The van der Waals surface area contributed by atoms with Crippen molar-refractivity contribution in [1.29, 1.82) is 0 Å². The van der Waals surface area contributed by atoms with Crippen molar-refractivity contribution in [2.75, 3.05) is 19.7 Å². The van der Waals surface area contributed by atoms with E-state index in [9.17, 15) is 31.5 Å². The molecule has 1 aliphatic rings. The van der Waals surface area contributed by atoms with E-state index in [0.717, 1.165) is 43.2 Å². The summed E-state index contributed by atoms with van der Waals surface area (Å²) < 4.78 is 74.3. The Morgan fingerprint density at radius 3 is 2.17 bits per heavy atom. The number of nitrogens with zero attached hydrogens (tertiary/aromatic N) is 1. The molecule has 1 aliphatic carbocycles. The number of benzene rings is 3. The van der Waals surface area contributed by atoms with E-state index in [0.29, 0.717) is 42.6 Å². The monoisotopic (exact) mass is 645 g/mol. The highest BCUT2D eigenvalue weighted by atomic mass is 19.4. The fraction of sp³-hybridized carbons (Fsp3) is 0.429. The van der Waals surface area contributed by atoms with Crippen molar-refractivity contribution in [3.63, 3.8) is 0 Å². The van der Waals surface area contributed by atoms with Crippen LogP contribution in [0.2, 0.25) is 0 Å². The Morgan fingerprint density at radius 1 is 0.957 bits per heavy atom. The Labute approximate surface area is 266 Å². The Bertz CT molecular complexity index is 1510. The van der Waals surface area contributed by atoms with Crippen LogP contribution in [0.3, 0.4) is 0 Å². The van der Waals surface area contributed by atoms with Crippen molar-refractivity contribution in [3.05, 3.63) is 106 Å². The third-order valence-electron chi connectivity index (χ3n) is 8.04. The van der Waals surface area contributed by atoms with Crippen LogP contribution in [0.15, 0.2) is 60.7 Å². The van der Waals surface area contributed by atoms with Gasteiger partial charge in [0.25, 0.3) is 11.8 Å². The van der Waals surface area contributed by atoms with E-state index in [1.807, 2.05) is 13.8 Å². The van der Waals surface area contributed by atoms with Gasteiger partial charge in [0.2, 0.25) is 0 Å². The van der Waals surface area contributed by atoms with Gasteiger partial charge in [-0.1, -0.05) is 26.0 Å². The number of nitrogens with one attached hydrogen (secondary N) is 1. The number of carbonyl (C=O) groups excluding carboxylic acids is 2. The van der Waals surface area contributed by atoms with Crippen LogP contribution in [0.5, 0.6) is 0 Å². The highest BCUT2D eigenvalue weighted by Gasteiger charge is 2.47. The van der Waals surface area contributed by atoms with Crippen molar-refractivity contribution in [2.24, 2.45) is 5.73 Å². The molecule has 46 heavy (non-hydrogen) atoms. The van der Waals surface area contributed by atoms with Gasteiger partial charge in [-0.2, -0.15) is 13.2 Å². The Balaban J connectivity index is 1.56. The smallest absolute Gasteiger partial charge is 0.369 e. The fourth-order valence-corrected chi connectivity index (χ4v) is 5.60. The number of alkyl halides is 3. The first kappa shape index (κ1) is 35.0. The highest BCUT2D eigenvalue weighted by molar-refractivity contribution is 6.00. The zero-order chi connectivity index (χ0) is 33.6. The molecule has 0 saturated heterocycles. The van der Waals surface area contributed by atoms with Crippen molar-refractivity contribution in [3.8, 4) is 0 Å². The topological polar surface area (TPSA) is 84.7 Å². The molecule has 11 heteroatoms. The van der Waals surface area contributed by atoms with Gasteiger partial charge in [0.1, 0.15) is 11.6 Å². The molecule has 3 aromatic carbocycles. The normalized spacial score (nSPS) is 15.2. The lowest BCUT2D eigenvalue weighted by molar-refractivity contribution is -0.137. The number of amides is 2. The molecule has 6 nitrogen and oxygen atoms in total. The quantitative estimate of drug-likeness (QED) is 0.186. The maximum atomic E-state index is 14.1. The predicted octanol–water partition coefficient (Wildman–Crippen LogP) is 6.93. The maximum Gasteiger partial charge on any atom is 0.416 e. The molecule has 0 bridgehead atoms. The molecule has 248 valence electrons. The summed E-state index contributed by atoms with van der Waals surface area (Å²) in [5.74, 6) is -2.33. The molecule has 2 atom stereocenters. The van der Waals surface area contributed by atoms with Crippen LogP contribution in [0.1, 0.15) is 82.5 Å². The molecule has 0 spiro atoms. The van der Waals surface area contributed by atoms with Crippen LogP contribution in [-0.2, 0) is 22.9 Å². The molecule has 3 aromatic rings. The molecule has 0 radical (unpaired) electrons. The summed E-state index contributed by atoms with van der Waals surface area (Å²) in [6.45, 7) is 6.73. The second kappa shape index (κ2) is 14.7. The standard InChI is InChI=1S/C35H40F5N3O3/c1-4-11-43(12-5-2)33(45)25-14-22(3)13-24(18-25)32(44)42-31(17-23-15-28(36)20-29(37)16-23)30(41)21-46-34(9-10-34)26-7-6-8-27(19-26)35(38,39)40/h6-8,13-16,18-20,30-31H,4-5,9-12,17,21,41H2,1-3H3,(H,42,44)/t30?,31-/m0/s1. The van der Waals surface area contributed by atoms with E-state index in [4.69, 9.17) is 10.5 Å². The summed E-state index contributed by atoms with van der Waals surface area (Å²) in [5, 5.41) is 2.86. The van der Waals surface area contributed by atoms with Crippen molar-refractivity contribution < 1.29 is 36.3 Å². The van der Waals surface area contributed by atoms with Crippen LogP contribution < -0.4 is 11.1 Å². The first-order valence-electron chi connectivity index (χ1n) is 15.5. The third-order valence-corrected chi connectivity index (χ3v) is 8.04. The summed E-state index contributed by atoms with van der Waals surface area (Å²) in [6, 6.07) is 11.0. The first-order valence-corrected chi connectivity index (χ1v) is 15.5. The summed E-state index contributed by atoms with van der Waals surface area (Å²) >= 11 is 0. The van der Waals surface area contributed by atoms with E-state index < -0.39 is 47.0 Å². The number of halogens is 5. The van der Waals surface area contributed by atoms with Gasteiger partial charge in [0.15, 0.2) is 0 Å². The molecule has 0 aliphatic heterocycles. The SMILES string of the molecule is CCCN(CCC)C(=O)c1cc(C)cc(C(=O)N[C@@H](Cc2cc(F)cc(F)c2)C(N)COC2(c3cccc(C(F)(F)F)c3)CC2)c1. The van der Waals surface area contributed by atoms with Crippen LogP contribution in [0, 0.1) is 18.6 Å². The largest absolute Gasteiger partial charge is 0.416 e. The number of hydrogen-bond acceptors (Lipinski definition) is 4. The second-order valence-electron chi connectivity index (χ2n) is 12.0. The van der Waals surface area contributed by atoms with Crippen LogP contribution in [0.4, 0.5) is 22.0 Å². The number of rotatable bonds is 14. The summed E-state index contributed by atoms with van der Waals surface area (Å²) in [5.41, 5.74) is 6.67. The summed E-state index contributed by atoms with van der Waals surface area (Å²) in [4.78, 5) is 28.6. The molecular formula is C35H40F5N3O3. The van der Waals surface area contributed by atoms with Gasteiger partial charge < -0.3 is 20.7 Å². The molecule has 4 rings (SSSR count). The number of aryl methyl sites for hydroxylation is 1. The molecule has 1 saturated carbocycles. The Morgan fingerprint density at radius 2 is 1.59 bits per heavy atom. The molecule has 1 unspecified atom stereocenters. The first-order chi connectivity index (χ1) is 21.7. The number of hydrogen-bond donors (Lipinski definition) is 2. The average molecular weight is 646 g/mol. The van der Waals surface area contributed by atoms with E-state index in [1.165, 1.54) is 12.1 Å². The molecule has 2 amide bonds. The van der Waals surface area contributed by atoms with Gasteiger partial charge in [0, 0.05) is 36.3 Å². The number of ether oxygens (including phenoxy) is 1. The minimum Gasteiger partial charge on any atom is -0.369 e. The summed E-state index contributed by atoms with van der Waals surface area (Å²) in [7, 11) is 0. The molecular weight excluding hydrogens is 605 g/mol. The van der Waals surface area contributed by atoms with E-state index in [2.05, 4.69) is 5.32 Å². The second-order valence-corrected chi connectivity index (χ2v) is 12.0.